The Morgan fingerprint density at radius 2 is 2.25 bits per heavy atom. The van der Waals surface area contributed by atoms with Crippen LogP contribution < -0.4 is 5.32 Å². The van der Waals surface area contributed by atoms with Crippen molar-refractivity contribution in [3.05, 3.63) is 48.0 Å². The Balaban J connectivity index is 1.87. The topological polar surface area (TPSA) is 40.7 Å². The van der Waals surface area contributed by atoms with Crippen LogP contribution in [0.4, 0.5) is 5.69 Å². The van der Waals surface area contributed by atoms with Gasteiger partial charge in [0.25, 0.3) is 0 Å². The van der Waals surface area contributed by atoms with Gasteiger partial charge in [0, 0.05) is 31.0 Å². The first-order valence-electron chi connectivity index (χ1n) is 5.74. The summed E-state index contributed by atoms with van der Waals surface area (Å²) in [5, 5.41) is 3.44. The van der Waals surface area contributed by atoms with E-state index in [1.165, 1.54) is 17.7 Å². The molecule has 1 aromatic heterocycles. The molecule has 1 aliphatic rings. The van der Waals surface area contributed by atoms with E-state index in [0.29, 0.717) is 5.92 Å². The van der Waals surface area contributed by atoms with Gasteiger partial charge in [0.05, 0.1) is 0 Å². The maximum Gasteiger partial charge on any atom is 0.106 e. The minimum absolute atomic E-state index is 0.587. The van der Waals surface area contributed by atoms with Gasteiger partial charge in [-0.25, -0.2) is 4.98 Å². The summed E-state index contributed by atoms with van der Waals surface area (Å²) in [6.07, 6.45) is 5.90. The van der Waals surface area contributed by atoms with Gasteiger partial charge in [0.15, 0.2) is 0 Å². The third kappa shape index (κ3) is 1.69. The van der Waals surface area contributed by atoms with Gasteiger partial charge in [-0.15, -0.1) is 0 Å². The predicted octanol–water partition coefficient (Wildman–Crippen LogP) is 2.55. The molecule has 0 saturated carbocycles. The number of aromatic nitrogens is 2. The third-order valence-corrected chi connectivity index (χ3v) is 3.20. The average Bonchev–Trinajstić information content (AvgIpc) is 2.82. The van der Waals surface area contributed by atoms with Crippen LogP contribution in [0.1, 0.15) is 23.7 Å². The van der Waals surface area contributed by atoms with Gasteiger partial charge >= 0.3 is 0 Å². The maximum absolute atomic E-state index is 4.31. The fraction of sp³-hybridized carbons (Fsp3) is 0.308. The molecule has 2 aromatic rings. The molecular formula is C13H15N3. The fourth-order valence-corrected chi connectivity index (χ4v) is 2.41. The molecule has 0 amide bonds. The monoisotopic (exact) mass is 213 g/mol. The summed E-state index contributed by atoms with van der Waals surface area (Å²) >= 11 is 0. The number of para-hydroxylation sites is 1. The lowest BCUT2D eigenvalue weighted by Gasteiger charge is -2.26. The lowest BCUT2D eigenvalue weighted by Crippen LogP contribution is -2.18. The van der Waals surface area contributed by atoms with Crippen LogP contribution in [0.25, 0.3) is 0 Å². The lowest BCUT2D eigenvalue weighted by atomic mass is 9.88. The Kier molecular flexibility index (Phi) is 2.37. The number of aromatic amines is 1. The first-order chi connectivity index (χ1) is 7.93. The number of benzene rings is 1. The molecule has 1 aromatic carbocycles. The lowest BCUT2D eigenvalue weighted by molar-refractivity contribution is 0.609. The Morgan fingerprint density at radius 1 is 1.31 bits per heavy atom. The first kappa shape index (κ1) is 9.46. The highest BCUT2D eigenvalue weighted by atomic mass is 14.9. The summed E-state index contributed by atoms with van der Waals surface area (Å²) in [4.78, 5) is 7.49. The number of hydrogen-bond donors (Lipinski definition) is 2. The van der Waals surface area contributed by atoms with Crippen molar-refractivity contribution in [1.82, 2.24) is 9.97 Å². The van der Waals surface area contributed by atoms with Crippen LogP contribution in [0.3, 0.4) is 0 Å². The molecule has 0 saturated heterocycles. The van der Waals surface area contributed by atoms with E-state index in [-0.39, 0.29) is 0 Å². The van der Waals surface area contributed by atoms with Gasteiger partial charge in [0.2, 0.25) is 0 Å². The molecular weight excluding hydrogens is 198 g/mol. The highest BCUT2D eigenvalue weighted by molar-refractivity contribution is 5.54. The molecule has 2 N–H and O–H groups in total. The number of fused-ring (bicyclic) bond motifs is 1. The first-order valence-corrected chi connectivity index (χ1v) is 5.74. The minimum Gasteiger partial charge on any atom is -0.385 e. The number of rotatable bonds is 2. The van der Waals surface area contributed by atoms with Gasteiger partial charge in [-0.2, -0.15) is 0 Å². The van der Waals surface area contributed by atoms with Crippen LogP contribution in [0.2, 0.25) is 0 Å². The van der Waals surface area contributed by atoms with Gasteiger partial charge in [-0.05, 0) is 24.0 Å². The molecule has 1 unspecified atom stereocenters. The highest BCUT2D eigenvalue weighted by Crippen LogP contribution is 2.32. The summed E-state index contributed by atoms with van der Waals surface area (Å²) in [6, 6.07) is 8.57. The van der Waals surface area contributed by atoms with Gasteiger partial charge in [-0.3, -0.25) is 0 Å². The second kappa shape index (κ2) is 4.00. The molecule has 16 heavy (non-hydrogen) atoms. The Bertz CT molecular complexity index is 462. The molecule has 3 heteroatoms. The van der Waals surface area contributed by atoms with Crippen molar-refractivity contribution in [2.24, 2.45) is 0 Å². The predicted molar refractivity (Wildman–Crippen MR) is 64.6 cm³/mol. The molecule has 3 nitrogen and oxygen atoms in total. The van der Waals surface area contributed by atoms with Crippen molar-refractivity contribution in [2.45, 2.75) is 18.8 Å². The summed E-state index contributed by atoms with van der Waals surface area (Å²) < 4.78 is 0. The summed E-state index contributed by atoms with van der Waals surface area (Å²) in [7, 11) is 0. The van der Waals surface area contributed by atoms with E-state index in [1.807, 2.05) is 12.4 Å². The molecule has 0 aliphatic carbocycles. The highest BCUT2D eigenvalue weighted by Gasteiger charge is 2.20. The van der Waals surface area contributed by atoms with Crippen LogP contribution in [-0.4, -0.2) is 16.5 Å². The molecule has 0 fully saturated rings. The second-order valence-corrected chi connectivity index (χ2v) is 4.24. The van der Waals surface area contributed by atoms with E-state index in [0.717, 1.165) is 18.8 Å². The Morgan fingerprint density at radius 3 is 3.12 bits per heavy atom. The minimum atomic E-state index is 0.587. The van der Waals surface area contributed by atoms with Gasteiger partial charge in [-0.1, -0.05) is 18.2 Å². The van der Waals surface area contributed by atoms with Crippen molar-refractivity contribution >= 4 is 5.69 Å². The van der Waals surface area contributed by atoms with Gasteiger partial charge in [0.1, 0.15) is 5.82 Å². The number of hydrogen-bond acceptors (Lipinski definition) is 2. The van der Waals surface area contributed by atoms with Crippen molar-refractivity contribution in [3.63, 3.8) is 0 Å². The van der Waals surface area contributed by atoms with E-state index in [4.69, 9.17) is 0 Å². The van der Waals surface area contributed by atoms with Crippen LogP contribution in [0.15, 0.2) is 36.7 Å². The normalized spacial score (nSPS) is 18.9. The zero-order valence-corrected chi connectivity index (χ0v) is 9.11. The molecule has 0 spiro atoms. The van der Waals surface area contributed by atoms with Crippen LogP contribution in [0.5, 0.6) is 0 Å². The summed E-state index contributed by atoms with van der Waals surface area (Å²) in [5.74, 6) is 1.67. The average molecular weight is 213 g/mol. The zero-order chi connectivity index (χ0) is 10.8. The standard InChI is InChI=1S/C13H15N3/c1-2-4-12-11(3-1)10(5-6-14-12)9-13-15-7-8-16-13/h1-4,7-8,10,14H,5-6,9H2,(H,15,16). The van der Waals surface area contributed by atoms with E-state index in [9.17, 15) is 0 Å². The summed E-state index contributed by atoms with van der Waals surface area (Å²) in [6.45, 7) is 1.06. The Labute approximate surface area is 94.9 Å². The molecule has 1 atom stereocenters. The van der Waals surface area contributed by atoms with E-state index in [2.05, 4.69) is 39.6 Å². The van der Waals surface area contributed by atoms with Crippen molar-refractivity contribution < 1.29 is 0 Å². The number of imidazole rings is 1. The number of H-pyrrole nitrogens is 1. The van der Waals surface area contributed by atoms with E-state index in [1.54, 1.807) is 0 Å². The van der Waals surface area contributed by atoms with Crippen LogP contribution in [0, 0.1) is 0 Å². The van der Waals surface area contributed by atoms with Gasteiger partial charge < -0.3 is 10.3 Å². The van der Waals surface area contributed by atoms with E-state index < -0.39 is 0 Å². The SMILES string of the molecule is c1ccc2c(c1)NCCC2Cc1ncc[nH]1. The van der Waals surface area contributed by atoms with Crippen molar-refractivity contribution in [3.8, 4) is 0 Å². The molecule has 2 heterocycles. The molecule has 0 radical (unpaired) electrons. The number of anilines is 1. The van der Waals surface area contributed by atoms with Crippen LogP contribution in [-0.2, 0) is 6.42 Å². The smallest absolute Gasteiger partial charge is 0.106 e. The fourth-order valence-electron chi connectivity index (χ4n) is 2.41. The molecule has 82 valence electrons. The zero-order valence-electron chi connectivity index (χ0n) is 9.11. The Hall–Kier alpha value is -1.77. The molecule has 3 rings (SSSR count). The number of nitrogens with zero attached hydrogens (tertiary/aromatic N) is 1. The van der Waals surface area contributed by atoms with Crippen molar-refractivity contribution in [2.75, 3.05) is 11.9 Å². The second-order valence-electron chi connectivity index (χ2n) is 4.24. The quantitative estimate of drug-likeness (QED) is 0.805. The number of nitrogens with one attached hydrogen (secondary N) is 2. The van der Waals surface area contributed by atoms with E-state index >= 15 is 0 Å². The third-order valence-electron chi connectivity index (χ3n) is 3.20. The molecule has 1 aliphatic heterocycles. The van der Waals surface area contributed by atoms with Crippen LogP contribution >= 0.6 is 0 Å². The largest absolute Gasteiger partial charge is 0.385 e. The van der Waals surface area contributed by atoms with Crippen molar-refractivity contribution in [1.29, 1.82) is 0 Å². The molecule has 0 bridgehead atoms. The maximum atomic E-state index is 4.31. The summed E-state index contributed by atoms with van der Waals surface area (Å²) in [5.41, 5.74) is 2.70.